The van der Waals surface area contributed by atoms with E-state index in [2.05, 4.69) is 15.3 Å². The lowest BCUT2D eigenvalue weighted by Gasteiger charge is -2.01. The highest BCUT2D eigenvalue weighted by Crippen LogP contribution is 2.03. The molecule has 12 heavy (non-hydrogen) atoms. The van der Waals surface area contributed by atoms with Crippen LogP contribution in [-0.4, -0.2) is 22.4 Å². The summed E-state index contributed by atoms with van der Waals surface area (Å²) in [5.74, 6) is 0.350. The van der Waals surface area contributed by atoms with Crippen LogP contribution in [0.4, 0.5) is 11.6 Å². The van der Waals surface area contributed by atoms with Crippen molar-refractivity contribution in [2.75, 3.05) is 17.6 Å². The zero-order valence-electron chi connectivity index (χ0n) is 6.32. The molecule has 0 spiro atoms. The van der Waals surface area contributed by atoms with Gasteiger partial charge < -0.3 is 16.8 Å². The van der Waals surface area contributed by atoms with E-state index in [1.807, 2.05) is 0 Å². The molecule has 64 valence electrons. The van der Waals surface area contributed by atoms with Gasteiger partial charge >= 0.3 is 0 Å². The summed E-state index contributed by atoms with van der Waals surface area (Å²) in [4.78, 5) is 18.2. The fraction of sp³-hybridized carbons (Fsp3) is 0.167. The molecule has 0 aliphatic heterocycles. The predicted octanol–water partition coefficient (Wildman–Crippen LogP) is -1.04. The van der Waals surface area contributed by atoms with Crippen molar-refractivity contribution in [1.29, 1.82) is 0 Å². The van der Waals surface area contributed by atoms with E-state index in [-0.39, 0.29) is 12.5 Å². The second-order valence-electron chi connectivity index (χ2n) is 2.08. The summed E-state index contributed by atoms with van der Waals surface area (Å²) in [6.45, 7) is -0.0795. The third kappa shape index (κ3) is 2.17. The first-order chi connectivity index (χ1) is 5.72. The Kier molecular flexibility index (Phi) is 2.54. The van der Waals surface area contributed by atoms with Crippen molar-refractivity contribution in [1.82, 2.24) is 9.97 Å². The van der Waals surface area contributed by atoms with E-state index in [4.69, 9.17) is 11.5 Å². The molecule has 0 saturated heterocycles. The first-order valence-corrected chi connectivity index (χ1v) is 3.30. The van der Waals surface area contributed by atoms with Gasteiger partial charge in [0.05, 0.1) is 6.54 Å². The highest BCUT2D eigenvalue weighted by Gasteiger charge is 1.99. The fourth-order valence-corrected chi connectivity index (χ4v) is 0.635. The summed E-state index contributed by atoms with van der Waals surface area (Å²) in [7, 11) is 0. The van der Waals surface area contributed by atoms with E-state index in [9.17, 15) is 4.79 Å². The van der Waals surface area contributed by atoms with E-state index in [1.54, 1.807) is 0 Å². The summed E-state index contributed by atoms with van der Waals surface area (Å²) >= 11 is 0. The highest BCUT2D eigenvalue weighted by molar-refractivity contribution is 5.91. The molecule has 0 fully saturated rings. The number of amides is 1. The lowest BCUT2D eigenvalue weighted by molar-refractivity contribution is -0.114. The third-order valence-electron chi connectivity index (χ3n) is 1.14. The summed E-state index contributed by atoms with van der Waals surface area (Å²) < 4.78 is 0. The van der Waals surface area contributed by atoms with Crippen LogP contribution in [0, 0.1) is 0 Å². The molecule has 0 unspecified atom stereocenters. The van der Waals surface area contributed by atoms with Crippen LogP contribution in [-0.2, 0) is 4.79 Å². The Labute approximate surface area is 69.0 Å². The zero-order chi connectivity index (χ0) is 8.97. The first-order valence-electron chi connectivity index (χ1n) is 3.30. The molecule has 1 aromatic heterocycles. The van der Waals surface area contributed by atoms with Crippen molar-refractivity contribution in [3.63, 3.8) is 0 Å². The van der Waals surface area contributed by atoms with Crippen molar-refractivity contribution < 1.29 is 4.79 Å². The SMILES string of the molecule is NCC(=O)Nc1cc(N)ncn1. The summed E-state index contributed by atoms with van der Waals surface area (Å²) in [5.41, 5.74) is 10.4. The molecule has 5 N–H and O–H groups in total. The maximum absolute atomic E-state index is 10.8. The minimum Gasteiger partial charge on any atom is -0.384 e. The van der Waals surface area contributed by atoms with Crippen molar-refractivity contribution in [2.24, 2.45) is 5.73 Å². The minimum absolute atomic E-state index is 0.0795. The van der Waals surface area contributed by atoms with Crippen LogP contribution in [0.2, 0.25) is 0 Å². The Morgan fingerprint density at radius 1 is 1.58 bits per heavy atom. The average Bonchev–Trinajstić information content (AvgIpc) is 2.04. The molecule has 0 aliphatic carbocycles. The number of anilines is 2. The van der Waals surface area contributed by atoms with Crippen molar-refractivity contribution in [2.45, 2.75) is 0 Å². The van der Waals surface area contributed by atoms with Crippen molar-refractivity contribution in [3.8, 4) is 0 Å². The molecule has 0 aromatic carbocycles. The molecular weight excluding hydrogens is 158 g/mol. The van der Waals surface area contributed by atoms with Gasteiger partial charge in [-0.3, -0.25) is 4.79 Å². The maximum Gasteiger partial charge on any atom is 0.239 e. The predicted molar refractivity (Wildman–Crippen MR) is 44.1 cm³/mol. The van der Waals surface area contributed by atoms with Crippen LogP contribution in [0.15, 0.2) is 12.4 Å². The molecule has 1 heterocycles. The lowest BCUT2D eigenvalue weighted by Crippen LogP contribution is -2.22. The van der Waals surface area contributed by atoms with Crippen molar-refractivity contribution in [3.05, 3.63) is 12.4 Å². The minimum atomic E-state index is -0.312. The van der Waals surface area contributed by atoms with Gasteiger partial charge in [0.1, 0.15) is 18.0 Å². The number of aromatic nitrogens is 2. The number of nitrogen functional groups attached to an aromatic ring is 1. The molecule has 0 atom stereocenters. The maximum atomic E-state index is 10.8. The molecule has 0 saturated carbocycles. The third-order valence-corrected chi connectivity index (χ3v) is 1.14. The van der Waals surface area contributed by atoms with E-state index in [0.29, 0.717) is 11.6 Å². The van der Waals surface area contributed by atoms with Gasteiger partial charge in [-0.25, -0.2) is 9.97 Å². The molecular formula is C6H9N5O. The number of carbonyl (C=O) groups is 1. The molecule has 0 bridgehead atoms. The summed E-state index contributed by atoms with van der Waals surface area (Å²) in [5, 5.41) is 2.44. The van der Waals surface area contributed by atoms with Crippen LogP contribution < -0.4 is 16.8 Å². The Morgan fingerprint density at radius 2 is 2.33 bits per heavy atom. The molecule has 6 nitrogen and oxygen atoms in total. The van der Waals surface area contributed by atoms with Gasteiger partial charge in [0, 0.05) is 6.07 Å². The quantitative estimate of drug-likeness (QED) is 0.521. The molecule has 0 aliphatic rings. The van der Waals surface area contributed by atoms with E-state index < -0.39 is 0 Å². The van der Waals surface area contributed by atoms with E-state index >= 15 is 0 Å². The Bertz CT molecular complexity index is 287. The zero-order valence-corrected chi connectivity index (χ0v) is 6.32. The Morgan fingerprint density at radius 3 is 2.92 bits per heavy atom. The number of hydrogen-bond donors (Lipinski definition) is 3. The van der Waals surface area contributed by atoms with Gasteiger partial charge in [-0.15, -0.1) is 0 Å². The van der Waals surface area contributed by atoms with Gasteiger partial charge in [-0.1, -0.05) is 0 Å². The van der Waals surface area contributed by atoms with Crippen LogP contribution in [0.25, 0.3) is 0 Å². The average molecular weight is 167 g/mol. The second-order valence-corrected chi connectivity index (χ2v) is 2.08. The van der Waals surface area contributed by atoms with Crippen LogP contribution >= 0.6 is 0 Å². The van der Waals surface area contributed by atoms with Crippen LogP contribution in [0.1, 0.15) is 0 Å². The number of nitrogens with one attached hydrogen (secondary N) is 1. The standard InChI is InChI=1S/C6H9N5O/c7-2-6(12)11-5-1-4(8)9-3-10-5/h1,3H,2,7H2,(H3,8,9,10,11,12). The molecule has 1 amide bonds. The van der Waals surface area contributed by atoms with Gasteiger partial charge in [0.25, 0.3) is 0 Å². The molecule has 0 radical (unpaired) electrons. The van der Waals surface area contributed by atoms with E-state index in [0.717, 1.165) is 0 Å². The Hall–Kier alpha value is -1.69. The number of rotatable bonds is 2. The van der Waals surface area contributed by atoms with Crippen LogP contribution in [0.3, 0.4) is 0 Å². The first kappa shape index (κ1) is 8.41. The van der Waals surface area contributed by atoms with Gasteiger partial charge in [-0.05, 0) is 0 Å². The number of hydrogen-bond acceptors (Lipinski definition) is 5. The highest BCUT2D eigenvalue weighted by atomic mass is 16.1. The molecule has 1 rings (SSSR count). The topological polar surface area (TPSA) is 107 Å². The van der Waals surface area contributed by atoms with Gasteiger partial charge in [0.2, 0.25) is 5.91 Å². The Balaban J connectivity index is 2.69. The fourth-order valence-electron chi connectivity index (χ4n) is 0.635. The second kappa shape index (κ2) is 3.63. The monoisotopic (exact) mass is 167 g/mol. The smallest absolute Gasteiger partial charge is 0.239 e. The molecule has 1 aromatic rings. The summed E-state index contributed by atoms with van der Waals surface area (Å²) in [6.07, 6.45) is 1.27. The largest absolute Gasteiger partial charge is 0.384 e. The number of nitrogens with zero attached hydrogens (tertiary/aromatic N) is 2. The number of carbonyl (C=O) groups excluding carboxylic acids is 1. The summed E-state index contributed by atoms with van der Waals surface area (Å²) in [6, 6.07) is 1.45. The molecule has 6 heteroatoms. The van der Waals surface area contributed by atoms with E-state index in [1.165, 1.54) is 12.4 Å². The van der Waals surface area contributed by atoms with Gasteiger partial charge in [0.15, 0.2) is 0 Å². The lowest BCUT2D eigenvalue weighted by atomic mass is 10.5. The van der Waals surface area contributed by atoms with Crippen molar-refractivity contribution >= 4 is 17.5 Å². The number of nitrogens with two attached hydrogens (primary N) is 2. The van der Waals surface area contributed by atoms with Gasteiger partial charge in [-0.2, -0.15) is 0 Å². The van der Waals surface area contributed by atoms with Crippen LogP contribution in [0.5, 0.6) is 0 Å². The normalized spacial score (nSPS) is 9.42.